The van der Waals surface area contributed by atoms with E-state index in [0.29, 0.717) is 11.6 Å². The van der Waals surface area contributed by atoms with Gasteiger partial charge in [-0.1, -0.05) is 13.3 Å². The Bertz CT molecular complexity index is 205. The molecule has 1 aliphatic rings. The van der Waals surface area contributed by atoms with Crippen LogP contribution in [0, 0.1) is 0 Å². The molecule has 0 saturated carbocycles. The molecule has 2 N–H and O–H groups in total. The average molecular weight is 171 g/mol. The van der Waals surface area contributed by atoms with Crippen molar-refractivity contribution in [2.45, 2.75) is 19.8 Å². The van der Waals surface area contributed by atoms with Crippen LogP contribution in [-0.2, 0) is 4.79 Å². The summed E-state index contributed by atoms with van der Waals surface area (Å²) in [4.78, 5) is 23.5. The number of amides is 3. The molecule has 0 radical (unpaired) electrons. The van der Waals surface area contributed by atoms with Crippen LogP contribution < -0.4 is 5.84 Å². The van der Waals surface area contributed by atoms with Crippen molar-refractivity contribution in [3.63, 3.8) is 0 Å². The normalized spacial score (nSPS) is 17.8. The first kappa shape index (κ1) is 8.99. The van der Waals surface area contributed by atoms with E-state index >= 15 is 0 Å². The highest BCUT2D eigenvalue weighted by atomic mass is 16.2. The van der Waals surface area contributed by atoms with Gasteiger partial charge >= 0.3 is 6.03 Å². The molecule has 12 heavy (non-hydrogen) atoms. The van der Waals surface area contributed by atoms with Gasteiger partial charge in [0.15, 0.2) is 0 Å². The summed E-state index contributed by atoms with van der Waals surface area (Å²) in [5.74, 6) is 4.85. The molecule has 0 aromatic rings. The highest BCUT2D eigenvalue weighted by Crippen LogP contribution is 2.06. The van der Waals surface area contributed by atoms with Gasteiger partial charge in [0, 0.05) is 6.54 Å². The topological polar surface area (TPSA) is 66.6 Å². The number of nitrogens with two attached hydrogens (primary N) is 1. The van der Waals surface area contributed by atoms with E-state index in [2.05, 4.69) is 0 Å². The fourth-order valence-electron chi connectivity index (χ4n) is 1.09. The van der Waals surface area contributed by atoms with Crippen LogP contribution in [0.4, 0.5) is 4.79 Å². The monoisotopic (exact) mass is 171 g/mol. The quantitative estimate of drug-likeness (QED) is 0.367. The number of hydrogen-bond acceptors (Lipinski definition) is 3. The molecule has 0 aromatic heterocycles. The average Bonchev–Trinajstić information content (AvgIpc) is 2.30. The minimum absolute atomic E-state index is 0.134. The SMILES string of the molecule is CCCCN1CC(=O)N(N)C1=O. The van der Waals surface area contributed by atoms with Crippen molar-refractivity contribution >= 4 is 11.9 Å². The summed E-state index contributed by atoms with van der Waals surface area (Å²) in [7, 11) is 0. The molecule has 0 aromatic carbocycles. The fraction of sp³-hybridized carbons (Fsp3) is 0.714. The van der Waals surface area contributed by atoms with Crippen LogP contribution in [0.5, 0.6) is 0 Å². The van der Waals surface area contributed by atoms with Crippen LogP contribution in [0.15, 0.2) is 0 Å². The van der Waals surface area contributed by atoms with Crippen LogP contribution in [0.25, 0.3) is 0 Å². The largest absolute Gasteiger partial charge is 0.341 e. The maximum atomic E-state index is 11.1. The Morgan fingerprint density at radius 1 is 1.50 bits per heavy atom. The number of hydrogen-bond donors (Lipinski definition) is 1. The van der Waals surface area contributed by atoms with E-state index in [0.717, 1.165) is 12.8 Å². The third-order valence-electron chi connectivity index (χ3n) is 1.85. The first-order valence-corrected chi connectivity index (χ1v) is 4.03. The van der Waals surface area contributed by atoms with Crippen molar-refractivity contribution in [1.29, 1.82) is 0 Å². The van der Waals surface area contributed by atoms with Crippen LogP contribution >= 0.6 is 0 Å². The molecule has 0 spiro atoms. The Morgan fingerprint density at radius 2 is 2.17 bits per heavy atom. The lowest BCUT2D eigenvalue weighted by molar-refractivity contribution is -0.125. The third-order valence-corrected chi connectivity index (χ3v) is 1.85. The maximum Gasteiger partial charge on any atom is 0.341 e. The van der Waals surface area contributed by atoms with Gasteiger partial charge in [-0.25, -0.2) is 10.6 Å². The maximum absolute atomic E-state index is 11.1. The predicted octanol–water partition coefficient (Wildman–Crippen LogP) is -0.0756. The molecule has 1 aliphatic heterocycles. The lowest BCUT2D eigenvalue weighted by atomic mass is 10.3. The molecule has 5 nitrogen and oxygen atoms in total. The Hall–Kier alpha value is -1.10. The van der Waals surface area contributed by atoms with E-state index in [4.69, 9.17) is 5.84 Å². The Labute approximate surface area is 71.1 Å². The zero-order valence-electron chi connectivity index (χ0n) is 7.12. The second-order valence-electron chi connectivity index (χ2n) is 2.82. The van der Waals surface area contributed by atoms with Crippen molar-refractivity contribution < 1.29 is 9.59 Å². The third kappa shape index (κ3) is 1.55. The molecule has 5 heteroatoms. The van der Waals surface area contributed by atoms with Crippen molar-refractivity contribution in [1.82, 2.24) is 9.91 Å². The molecule has 0 bridgehead atoms. The highest BCUT2D eigenvalue weighted by Gasteiger charge is 2.32. The molecular formula is C7H13N3O2. The summed E-state index contributed by atoms with van der Waals surface area (Å²) in [6.45, 7) is 2.78. The van der Waals surface area contributed by atoms with E-state index < -0.39 is 0 Å². The van der Waals surface area contributed by atoms with Crippen molar-refractivity contribution in [3.05, 3.63) is 0 Å². The molecule has 0 aliphatic carbocycles. The summed E-state index contributed by atoms with van der Waals surface area (Å²) >= 11 is 0. The van der Waals surface area contributed by atoms with E-state index in [1.807, 2.05) is 6.92 Å². The molecule has 68 valence electrons. The molecule has 1 fully saturated rings. The van der Waals surface area contributed by atoms with Crippen molar-refractivity contribution in [2.75, 3.05) is 13.1 Å². The summed E-state index contributed by atoms with van der Waals surface area (Å²) in [6, 6.07) is -0.381. The number of carbonyl (C=O) groups is 2. The fourth-order valence-corrected chi connectivity index (χ4v) is 1.09. The standard InChI is InChI=1S/C7H13N3O2/c1-2-3-4-9-5-6(11)10(8)7(9)12/h2-5,8H2,1H3. The Kier molecular flexibility index (Phi) is 2.65. The Morgan fingerprint density at radius 3 is 2.58 bits per heavy atom. The first-order chi connectivity index (χ1) is 5.66. The summed E-state index contributed by atoms with van der Waals surface area (Å²) in [5.41, 5.74) is 0. The van der Waals surface area contributed by atoms with E-state index in [1.165, 1.54) is 4.90 Å². The second-order valence-corrected chi connectivity index (χ2v) is 2.82. The number of imide groups is 1. The van der Waals surface area contributed by atoms with E-state index in [9.17, 15) is 9.59 Å². The van der Waals surface area contributed by atoms with Gasteiger partial charge in [0.1, 0.15) is 6.54 Å². The van der Waals surface area contributed by atoms with E-state index in [1.54, 1.807) is 0 Å². The van der Waals surface area contributed by atoms with Crippen molar-refractivity contribution in [3.8, 4) is 0 Å². The minimum atomic E-state index is -0.381. The van der Waals surface area contributed by atoms with Crippen LogP contribution in [-0.4, -0.2) is 34.9 Å². The van der Waals surface area contributed by atoms with Gasteiger partial charge in [-0.05, 0) is 6.42 Å². The number of hydrazine groups is 1. The van der Waals surface area contributed by atoms with Crippen molar-refractivity contribution in [2.24, 2.45) is 5.84 Å². The van der Waals surface area contributed by atoms with E-state index in [-0.39, 0.29) is 18.5 Å². The Balaban J connectivity index is 2.47. The van der Waals surface area contributed by atoms with Gasteiger partial charge < -0.3 is 4.90 Å². The minimum Gasteiger partial charge on any atom is -0.314 e. The van der Waals surface area contributed by atoms with Gasteiger partial charge in [-0.15, -0.1) is 0 Å². The number of rotatable bonds is 3. The number of unbranched alkanes of at least 4 members (excludes halogenated alkanes) is 1. The van der Waals surface area contributed by atoms with Gasteiger partial charge in [-0.3, -0.25) is 4.79 Å². The van der Waals surface area contributed by atoms with Gasteiger partial charge in [0.25, 0.3) is 5.91 Å². The van der Waals surface area contributed by atoms with Crippen LogP contribution in [0.2, 0.25) is 0 Å². The van der Waals surface area contributed by atoms with Crippen LogP contribution in [0.1, 0.15) is 19.8 Å². The molecule has 0 unspecified atom stereocenters. The number of carbonyl (C=O) groups excluding carboxylic acids is 2. The zero-order chi connectivity index (χ0) is 9.14. The number of nitrogens with zero attached hydrogens (tertiary/aromatic N) is 2. The zero-order valence-corrected chi connectivity index (χ0v) is 7.12. The lowest BCUT2D eigenvalue weighted by Gasteiger charge is -2.12. The molecular weight excluding hydrogens is 158 g/mol. The summed E-state index contributed by atoms with van der Waals surface area (Å²) in [6.07, 6.45) is 1.91. The molecule has 0 atom stereocenters. The molecule has 1 rings (SSSR count). The summed E-state index contributed by atoms with van der Waals surface area (Å²) in [5, 5.41) is 0.676. The summed E-state index contributed by atoms with van der Waals surface area (Å²) < 4.78 is 0. The molecule has 3 amide bonds. The van der Waals surface area contributed by atoms with Crippen LogP contribution in [0.3, 0.4) is 0 Å². The lowest BCUT2D eigenvalue weighted by Crippen LogP contribution is -2.38. The predicted molar refractivity (Wildman–Crippen MR) is 42.9 cm³/mol. The first-order valence-electron chi connectivity index (χ1n) is 4.03. The van der Waals surface area contributed by atoms with Gasteiger partial charge in [0.05, 0.1) is 0 Å². The van der Waals surface area contributed by atoms with Gasteiger partial charge in [0.2, 0.25) is 0 Å². The smallest absolute Gasteiger partial charge is 0.314 e. The molecule has 1 saturated heterocycles. The number of urea groups is 1. The molecule has 1 heterocycles. The van der Waals surface area contributed by atoms with Gasteiger partial charge in [-0.2, -0.15) is 5.01 Å². The highest BCUT2D eigenvalue weighted by molar-refractivity contribution is 6.01. The second kappa shape index (κ2) is 3.53.